The number of dihydropyridines is 1. The van der Waals surface area contributed by atoms with Gasteiger partial charge in [0.15, 0.2) is 11.5 Å². The highest BCUT2D eigenvalue weighted by Crippen LogP contribution is 2.64. The number of carbonyl (C=O) groups excluding carboxylic acids is 1. The summed E-state index contributed by atoms with van der Waals surface area (Å²) in [5.74, 6) is 17.1. The van der Waals surface area contributed by atoms with Crippen LogP contribution in [0.2, 0.25) is 0 Å². The van der Waals surface area contributed by atoms with Crippen LogP contribution in [0.4, 0.5) is 0 Å². The van der Waals surface area contributed by atoms with Crippen molar-refractivity contribution in [3.63, 3.8) is 0 Å². The van der Waals surface area contributed by atoms with Gasteiger partial charge in [-0.1, -0.05) is 106 Å². The topological polar surface area (TPSA) is 186 Å². The Morgan fingerprint density at radius 3 is 2.67 bits per heavy atom. The molecule has 1 saturated heterocycles. The predicted octanol–water partition coefficient (Wildman–Crippen LogP) is 10.8. The fourth-order valence-corrected chi connectivity index (χ4v) is 19.1. The molecule has 3 fully saturated rings. The average molecular weight is 1190 g/mol. The predicted molar refractivity (Wildman–Crippen MR) is 335 cm³/mol. The Morgan fingerprint density at radius 2 is 1.84 bits per heavy atom. The number of aliphatic hydroxyl groups excluding tert-OH is 1. The third-order valence-electron chi connectivity index (χ3n) is 19.8. The minimum atomic E-state index is -0.821. The monoisotopic (exact) mass is 1180 g/mol. The molecule has 0 amide bonds. The van der Waals surface area contributed by atoms with Gasteiger partial charge in [0.2, 0.25) is 0 Å². The normalized spacial score (nSPS) is 30.5. The lowest BCUT2D eigenvalue weighted by molar-refractivity contribution is -0.141. The van der Waals surface area contributed by atoms with Crippen LogP contribution in [0.1, 0.15) is 140 Å². The van der Waals surface area contributed by atoms with Gasteiger partial charge in [0.25, 0.3) is 0 Å². The number of allylic oxidation sites excluding steroid dienone is 3. The Balaban J connectivity index is 1.10. The highest BCUT2D eigenvalue weighted by Gasteiger charge is 2.52. The molecule has 85 heavy (non-hydrogen) atoms. The molecule has 9 aliphatic rings. The van der Waals surface area contributed by atoms with Crippen LogP contribution in [-0.2, 0) is 39.1 Å². The van der Waals surface area contributed by atoms with E-state index in [4.69, 9.17) is 29.4 Å². The van der Waals surface area contributed by atoms with Gasteiger partial charge in [0, 0.05) is 89.8 Å². The molecule has 13 unspecified atom stereocenters. The van der Waals surface area contributed by atoms with E-state index in [1.54, 1.807) is 20.3 Å². The van der Waals surface area contributed by atoms with Crippen LogP contribution in [0.5, 0.6) is 28.7 Å². The number of aromatic hydroxyl groups is 2. The molecule has 4 aromatic rings. The molecule has 2 saturated carbocycles. The highest BCUT2D eigenvalue weighted by molar-refractivity contribution is 8.77. The second kappa shape index (κ2) is 25.0. The zero-order valence-electron chi connectivity index (χ0n) is 49.1. The maximum Gasteiger partial charge on any atom is 0.302 e. The van der Waals surface area contributed by atoms with Crippen molar-refractivity contribution in [2.24, 2.45) is 29.4 Å². The summed E-state index contributed by atoms with van der Waals surface area (Å²) in [5, 5.41) is 46.8. The number of rotatable bonds is 10. The number of benzene rings is 4. The number of hydrogen-bond donors (Lipinski definition) is 7. The molecule has 446 valence electrons. The number of methoxy groups -OCH3 is 2. The Morgan fingerprint density at radius 1 is 0.953 bits per heavy atom. The van der Waals surface area contributed by atoms with E-state index in [2.05, 4.69) is 100 Å². The van der Waals surface area contributed by atoms with Gasteiger partial charge < -0.3 is 60.7 Å². The first-order valence-corrected chi connectivity index (χ1v) is 33.4. The van der Waals surface area contributed by atoms with Crippen LogP contribution in [0.15, 0.2) is 84.1 Å². The second-order valence-corrected chi connectivity index (χ2v) is 27.9. The fourth-order valence-electron chi connectivity index (χ4n) is 15.9. The summed E-state index contributed by atoms with van der Waals surface area (Å²) in [6.45, 7) is 2.84. The van der Waals surface area contributed by atoms with Crippen LogP contribution in [0.3, 0.4) is 0 Å². The van der Waals surface area contributed by atoms with Gasteiger partial charge in [0.1, 0.15) is 42.0 Å². The van der Waals surface area contributed by atoms with E-state index in [1.165, 1.54) is 18.9 Å². The van der Waals surface area contributed by atoms with Crippen molar-refractivity contribution >= 4 is 33.6 Å². The molecule has 6 heterocycles. The molecule has 6 aliphatic heterocycles. The lowest BCUT2D eigenvalue weighted by Gasteiger charge is -2.39. The lowest BCUT2D eigenvalue weighted by Crippen LogP contribution is -2.52. The van der Waals surface area contributed by atoms with Crippen molar-refractivity contribution in [2.45, 2.75) is 150 Å². The van der Waals surface area contributed by atoms with Crippen molar-refractivity contribution in [3.8, 4) is 63.6 Å². The number of esters is 1. The summed E-state index contributed by atoms with van der Waals surface area (Å²) in [5.41, 5.74) is 17.2. The molecular weight excluding hydrogens is 1100 g/mol. The minimum absolute atomic E-state index is 0.0133. The van der Waals surface area contributed by atoms with Gasteiger partial charge in [-0.2, -0.15) is 0 Å². The van der Waals surface area contributed by atoms with Gasteiger partial charge in [-0.25, -0.2) is 0 Å². The van der Waals surface area contributed by atoms with E-state index in [0.717, 1.165) is 120 Å². The van der Waals surface area contributed by atoms with Gasteiger partial charge in [-0.3, -0.25) is 4.79 Å². The Bertz CT molecular complexity index is 3440. The first-order valence-electron chi connectivity index (χ1n) is 31.0. The van der Waals surface area contributed by atoms with Gasteiger partial charge in [0.05, 0.1) is 42.8 Å². The van der Waals surface area contributed by atoms with Crippen molar-refractivity contribution in [2.75, 3.05) is 46.3 Å². The maximum absolute atomic E-state index is 13.7. The Kier molecular flexibility index (Phi) is 17.1. The maximum atomic E-state index is 13.7. The third-order valence-corrected chi connectivity index (χ3v) is 22.7. The van der Waals surface area contributed by atoms with Crippen molar-refractivity contribution in [1.82, 2.24) is 16.0 Å². The standard InChI is InChI=1S/C70H80N4O9S2/c1-40(76)81-38-55-51-18-19-52-61-48(32-50(77)33-58(61)80-3)35-70-26-24-42(34-70)29-46-17-23-60(71)74-56(46)21-16-45-15-14-44(12-8-28-75)47(37-79-2)25-27-72-36-54-62(45)63(66(55)82-67(51)64(52)70)53-20-22-57-69(83-68(53)65(54)78)59(31-41-9-5-4-6-10-41)85-84-39-43-11-7-13-49(30-43)73-57/h4-6,9-10,17-20,22-23,32-33,42-45,47,49,55,57,59-60,66,69,72-75,77-78H,7-8,11-13,24-31,34-39,71H2,1-3H3. The van der Waals surface area contributed by atoms with Crippen molar-refractivity contribution in [1.29, 1.82) is 0 Å². The molecule has 3 aliphatic carbocycles. The smallest absolute Gasteiger partial charge is 0.302 e. The number of nitrogens with one attached hydrogen (secondary N) is 3. The number of phenols is 2. The van der Waals surface area contributed by atoms with E-state index in [1.807, 2.05) is 33.7 Å². The number of nitrogens with two attached hydrogens (primary N) is 1. The number of carbonyl (C=O) groups is 1. The third kappa shape index (κ3) is 11.5. The van der Waals surface area contributed by atoms with Crippen LogP contribution in [-0.4, -0.2) is 97.2 Å². The van der Waals surface area contributed by atoms with E-state index < -0.39 is 41.6 Å². The van der Waals surface area contributed by atoms with Crippen LogP contribution in [0.25, 0.3) is 17.2 Å². The lowest BCUT2D eigenvalue weighted by atomic mass is 9.65. The summed E-state index contributed by atoms with van der Waals surface area (Å²) in [6.07, 6.45) is 18.3. The molecule has 0 aromatic heterocycles. The molecule has 4 aromatic carbocycles. The number of fused-ring (bicyclic) bond motifs is 10. The van der Waals surface area contributed by atoms with Gasteiger partial charge in [-0.05, 0) is 147 Å². The highest BCUT2D eigenvalue weighted by atomic mass is 33.1. The molecule has 0 radical (unpaired) electrons. The van der Waals surface area contributed by atoms with Gasteiger partial charge in [-0.15, -0.1) is 0 Å². The summed E-state index contributed by atoms with van der Waals surface area (Å²) in [6, 6.07) is 18.7. The van der Waals surface area contributed by atoms with E-state index >= 15 is 0 Å². The summed E-state index contributed by atoms with van der Waals surface area (Å²) >= 11 is 0. The molecule has 15 heteroatoms. The summed E-state index contributed by atoms with van der Waals surface area (Å²) in [7, 11) is 7.25. The zero-order valence-corrected chi connectivity index (χ0v) is 50.7. The summed E-state index contributed by atoms with van der Waals surface area (Å²) < 4.78 is 34.1. The number of hydrogen-bond acceptors (Lipinski definition) is 15. The molecule has 13 nitrogen and oxygen atoms in total. The number of phenolic OH excluding ortho intramolecular Hbond substituents is 2. The second-order valence-electron chi connectivity index (χ2n) is 25.2. The molecule has 6 bridgehead atoms. The van der Waals surface area contributed by atoms with Crippen molar-refractivity contribution in [3.05, 3.63) is 129 Å². The minimum Gasteiger partial charge on any atom is -0.508 e. The van der Waals surface area contributed by atoms with Crippen LogP contribution < -0.4 is 35.9 Å². The Labute approximate surface area is 508 Å². The zero-order chi connectivity index (χ0) is 58.3. The first-order chi connectivity index (χ1) is 41.5. The molecule has 13 rings (SSSR count). The first kappa shape index (κ1) is 58.0. The summed E-state index contributed by atoms with van der Waals surface area (Å²) in [4.78, 5) is 13.3. The fraction of sp³-hybridized carbons (Fsp3) is 0.500. The molecule has 1 spiro atoms. The number of ether oxygens (including phenoxy) is 5. The van der Waals surface area contributed by atoms with Gasteiger partial charge >= 0.3 is 5.97 Å². The molecule has 8 N–H and O–H groups in total. The quantitative estimate of drug-likeness (QED) is 0.0452. The Hall–Kier alpha value is -6.01. The molecular formula is C70H80N4O9S2. The van der Waals surface area contributed by atoms with Crippen LogP contribution >= 0.6 is 21.6 Å². The number of aliphatic hydroxyl groups is 1. The van der Waals surface area contributed by atoms with Crippen LogP contribution in [0, 0.1) is 47.4 Å². The largest absolute Gasteiger partial charge is 0.508 e. The average Bonchev–Trinajstić information content (AvgIpc) is 1.70. The van der Waals surface area contributed by atoms with E-state index in [9.17, 15) is 20.1 Å². The molecule has 13 atom stereocenters. The van der Waals surface area contributed by atoms with Crippen molar-refractivity contribution < 1.29 is 43.8 Å². The SMILES string of the molecule is COCC1CCNCc2c(O)c3c(c4c2C(C#CC2=C(C=CC(N)N2)CC2CCC5(Cc6cc(O)cc(OC)c6-c6ccc7c(c65)OC4C7COC(C)=O)C2)C#CC1CCCO)C=CC1NC2CCCC(CSSC(Cc4ccccc4)C1O3)C2. The van der Waals surface area contributed by atoms with E-state index in [-0.39, 0.29) is 66.3 Å². The van der Waals surface area contributed by atoms with E-state index in [0.29, 0.717) is 61.0 Å².